The Morgan fingerprint density at radius 1 is 0.976 bits per heavy atom. The number of nitrogens with one attached hydrogen (secondary N) is 2. The van der Waals surface area contributed by atoms with Crippen molar-refractivity contribution in [3.05, 3.63) is 40.4 Å². The SMILES string of the molecule is CC1CCCC(NC(=O)C2N(CCN3CCCCCC3)C(=O)[C@@H]3C(C(=O)Nc4cc(Cl)cc(Cl)c4)[C@@H]4C=CC23O4)C1C. The molecule has 5 aliphatic rings. The highest BCUT2D eigenvalue weighted by Crippen LogP contribution is 2.55. The molecule has 1 aliphatic carbocycles. The van der Waals surface area contributed by atoms with Gasteiger partial charge in [0.1, 0.15) is 11.6 Å². The first-order chi connectivity index (χ1) is 20.2. The minimum Gasteiger partial charge on any atom is -0.359 e. The average molecular weight is 618 g/mol. The zero-order chi connectivity index (χ0) is 29.6. The summed E-state index contributed by atoms with van der Waals surface area (Å²) in [6, 6.07) is 4.06. The normalized spacial score (nSPS) is 36.1. The van der Waals surface area contributed by atoms with Crippen LogP contribution in [0.15, 0.2) is 30.4 Å². The minimum absolute atomic E-state index is 0.0496. The van der Waals surface area contributed by atoms with E-state index in [0.29, 0.717) is 40.7 Å². The van der Waals surface area contributed by atoms with E-state index in [-0.39, 0.29) is 23.8 Å². The van der Waals surface area contributed by atoms with Gasteiger partial charge in [-0.1, -0.05) is 74.9 Å². The van der Waals surface area contributed by atoms with E-state index in [1.165, 1.54) is 12.8 Å². The minimum atomic E-state index is -1.18. The van der Waals surface area contributed by atoms with E-state index in [9.17, 15) is 14.4 Å². The van der Waals surface area contributed by atoms with Gasteiger partial charge in [-0.25, -0.2) is 0 Å². The number of carbonyl (C=O) groups is 3. The van der Waals surface area contributed by atoms with Crippen molar-refractivity contribution in [1.82, 2.24) is 15.1 Å². The molecular weight excluding hydrogens is 575 g/mol. The Labute approximate surface area is 258 Å². The van der Waals surface area contributed by atoms with Crippen molar-refractivity contribution in [2.45, 2.75) is 82.6 Å². The second-order valence-electron chi connectivity index (χ2n) is 13.0. The lowest BCUT2D eigenvalue weighted by atomic mass is 9.73. The van der Waals surface area contributed by atoms with Crippen LogP contribution in [0, 0.1) is 23.7 Å². The van der Waals surface area contributed by atoms with Crippen molar-refractivity contribution in [1.29, 1.82) is 0 Å². The maximum absolute atomic E-state index is 14.3. The third-order valence-corrected chi connectivity index (χ3v) is 10.9. The highest BCUT2D eigenvalue weighted by atomic mass is 35.5. The first kappa shape index (κ1) is 29.9. The van der Waals surface area contributed by atoms with Crippen LogP contribution in [0.3, 0.4) is 0 Å². The Kier molecular flexibility index (Phi) is 8.62. The van der Waals surface area contributed by atoms with E-state index in [1.807, 2.05) is 12.2 Å². The van der Waals surface area contributed by atoms with Crippen LogP contribution in [-0.4, -0.2) is 77.5 Å². The summed E-state index contributed by atoms with van der Waals surface area (Å²) < 4.78 is 6.53. The molecule has 1 saturated carbocycles. The maximum Gasteiger partial charge on any atom is 0.246 e. The van der Waals surface area contributed by atoms with E-state index in [4.69, 9.17) is 27.9 Å². The van der Waals surface area contributed by atoms with Crippen molar-refractivity contribution >= 4 is 46.6 Å². The van der Waals surface area contributed by atoms with Crippen molar-refractivity contribution in [3.63, 3.8) is 0 Å². The van der Waals surface area contributed by atoms with Crippen LogP contribution in [-0.2, 0) is 19.1 Å². The fraction of sp³-hybridized carbons (Fsp3) is 0.656. The molecule has 3 saturated heterocycles. The molecule has 8 nitrogen and oxygen atoms in total. The Morgan fingerprint density at radius 2 is 1.69 bits per heavy atom. The summed E-state index contributed by atoms with van der Waals surface area (Å²) in [5.41, 5.74) is -0.723. The van der Waals surface area contributed by atoms with Crippen LogP contribution in [0.1, 0.15) is 58.8 Å². The van der Waals surface area contributed by atoms with Crippen LogP contribution in [0.5, 0.6) is 0 Å². The van der Waals surface area contributed by atoms with Gasteiger partial charge < -0.3 is 25.2 Å². The molecule has 1 aromatic rings. The standard InChI is InChI=1S/C32H42Cl2N4O4/c1-19-8-7-9-24(20(19)2)36-30(40)28-32-11-10-25(42-32)26(29(39)35-23-17-21(33)16-22(34)18-23)27(32)31(41)38(28)15-14-37-12-5-3-4-6-13-37/h10-11,16-20,24-28H,3-9,12-15H2,1-2H3,(H,35,39)(H,36,40)/t19?,20?,24?,25-,26?,27-,28?,32?/m0/s1. The Bertz CT molecular complexity index is 1230. The van der Waals surface area contributed by atoms with Gasteiger partial charge >= 0.3 is 0 Å². The average Bonchev–Trinajstić information content (AvgIpc) is 3.48. The summed E-state index contributed by atoms with van der Waals surface area (Å²) in [4.78, 5) is 46.4. The van der Waals surface area contributed by atoms with Crippen LogP contribution in [0.4, 0.5) is 5.69 Å². The number of hydrogen-bond acceptors (Lipinski definition) is 5. The third kappa shape index (κ3) is 5.49. The van der Waals surface area contributed by atoms with Crippen molar-refractivity contribution in [2.75, 3.05) is 31.5 Å². The zero-order valence-electron chi connectivity index (χ0n) is 24.5. The van der Waals surface area contributed by atoms with Gasteiger partial charge in [0.25, 0.3) is 0 Å². The second kappa shape index (κ2) is 12.1. The Morgan fingerprint density at radius 3 is 2.40 bits per heavy atom. The topological polar surface area (TPSA) is 91.0 Å². The molecule has 4 heterocycles. The molecule has 3 amide bonds. The Balaban J connectivity index is 1.28. The highest BCUT2D eigenvalue weighted by molar-refractivity contribution is 6.35. The van der Waals surface area contributed by atoms with Gasteiger partial charge in [0.2, 0.25) is 17.7 Å². The molecule has 0 radical (unpaired) electrons. The van der Waals surface area contributed by atoms with E-state index in [2.05, 4.69) is 29.4 Å². The van der Waals surface area contributed by atoms with Crippen molar-refractivity contribution in [2.24, 2.45) is 23.7 Å². The largest absolute Gasteiger partial charge is 0.359 e. The number of likely N-dealkylation sites (tertiary alicyclic amines) is 2. The van der Waals surface area contributed by atoms with E-state index < -0.39 is 29.6 Å². The molecule has 2 bridgehead atoms. The molecule has 2 N–H and O–H groups in total. The number of ether oxygens (including phenoxy) is 1. The fourth-order valence-electron chi connectivity index (χ4n) is 8.02. The first-order valence-corrected chi connectivity index (χ1v) is 16.4. The van der Waals surface area contributed by atoms with Crippen LogP contribution in [0.2, 0.25) is 10.0 Å². The number of carbonyl (C=O) groups excluding carboxylic acids is 3. The predicted molar refractivity (Wildman–Crippen MR) is 163 cm³/mol. The summed E-state index contributed by atoms with van der Waals surface area (Å²) in [6.45, 7) is 7.55. The van der Waals surface area contributed by atoms with Gasteiger partial charge in [-0.3, -0.25) is 14.4 Å². The molecule has 6 rings (SSSR count). The van der Waals surface area contributed by atoms with Crippen LogP contribution < -0.4 is 10.6 Å². The van der Waals surface area contributed by atoms with Gasteiger partial charge in [-0.2, -0.15) is 0 Å². The smallest absolute Gasteiger partial charge is 0.246 e. The molecular formula is C32H42Cl2N4O4. The summed E-state index contributed by atoms with van der Waals surface area (Å²) in [5, 5.41) is 7.04. The van der Waals surface area contributed by atoms with E-state index in [0.717, 1.165) is 45.2 Å². The first-order valence-electron chi connectivity index (χ1n) is 15.7. The number of benzene rings is 1. The molecule has 4 aliphatic heterocycles. The number of fused-ring (bicyclic) bond motifs is 1. The number of amides is 3. The lowest BCUT2D eigenvalue weighted by molar-refractivity contribution is -0.141. The Hall–Kier alpha value is -2.13. The second-order valence-corrected chi connectivity index (χ2v) is 13.9. The predicted octanol–water partition coefficient (Wildman–Crippen LogP) is 4.90. The van der Waals surface area contributed by atoms with Crippen LogP contribution >= 0.6 is 23.2 Å². The van der Waals surface area contributed by atoms with Gasteiger partial charge in [0.15, 0.2) is 0 Å². The molecule has 0 aromatic heterocycles. The lowest BCUT2D eigenvalue weighted by Gasteiger charge is -2.38. The summed E-state index contributed by atoms with van der Waals surface area (Å²) in [6.07, 6.45) is 11.0. The number of hydrogen-bond donors (Lipinski definition) is 2. The van der Waals surface area contributed by atoms with Crippen LogP contribution in [0.25, 0.3) is 0 Å². The third-order valence-electron chi connectivity index (χ3n) is 10.4. The fourth-order valence-corrected chi connectivity index (χ4v) is 8.54. The van der Waals surface area contributed by atoms with E-state index >= 15 is 0 Å². The zero-order valence-corrected chi connectivity index (χ0v) is 26.0. The quantitative estimate of drug-likeness (QED) is 0.425. The summed E-state index contributed by atoms with van der Waals surface area (Å²) >= 11 is 12.3. The van der Waals surface area contributed by atoms with E-state index in [1.54, 1.807) is 23.1 Å². The molecule has 10 heteroatoms. The molecule has 6 unspecified atom stereocenters. The van der Waals surface area contributed by atoms with Crippen molar-refractivity contribution in [3.8, 4) is 0 Å². The van der Waals surface area contributed by atoms with Gasteiger partial charge in [-0.05, 0) is 62.4 Å². The summed E-state index contributed by atoms with van der Waals surface area (Å²) in [7, 11) is 0. The van der Waals surface area contributed by atoms with Gasteiger partial charge in [0, 0.05) is 34.9 Å². The van der Waals surface area contributed by atoms with Crippen molar-refractivity contribution < 1.29 is 19.1 Å². The van der Waals surface area contributed by atoms with Gasteiger partial charge in [-0.15, -0.1) is 0 Å². The number of anilines is 1. The number of rotatable bonds is 7. The molecule has 42 heavy (non-hydrogen) atoms. The highest BCUT2D eigenvalue weighted by Gasteiger charge is 2.72. The molecule has 228 valence electrons. The molecule has 4 fully saturated rings. The number of halogens is 2. The van der Waals surface area contributed by atoms with Gasteiger partial charge in [0.05, 0.1) is 17.9 Å². The molecule has 1 spiro atoms. The molecule has 1 aromatic carbocycles. The lowest BCUT2D eigenvalue weighted by Crippen LogP contribution is -2.58. The maximum atomic E-state index is 14.3. The number of nitrogens with zero attached hydrogens (tertiary/aromatic N) is 2. The molecule has 8 atom stereocenters. The monoisotopic (exact) mass is 616 g/mol. The summed E-state index contributed by atoms with van der Waals surface area (Å²) in [5.74, 6) is -1.40.